The van der Waals surface area contributed by atoms with Gasteiger partial charge < -0.3 is 9.47 Å². The molecule has 0 unspecified atom stereocenters. The number of ether oxygens (including phenoxy) is 2. The molecule has 0 heterocycles. The molecule has 0 bridgehead atoms. The molecule has 0 amide bonds. The molecule has 1 rings (SSSR count). The van der Waals surface area contributed by atoms with E-state index in [1.807, 2.05) is 13.8 Å². The summed E-state index contributed by atoms with van der Waals surface area (Å²) in [5.41, 5.74) is 2.41. The highest BCUT2D eigenvalue weighted by molar-refractivity contribution is 5.69. The van der Waals surface area contributed by atoms with Crippen LogP contribution in [0, 0.1) is 25.2 Å². The number of esters is 1. The fourth-order valence-electron chi connectivity index (χ4n) is 1.71. The number of carbonyl (C=O) groups excluding carboxylic acids is 1. The third-order valence-electron chi connectivity index (χ3n) is 2.45. The van der Waals surface area contributed by atoms with Gasteiger partial charge in [-0.15, -0.1) is 0 Å². The van der Waals surface area contributed by atoms with Gasteiger partial charge in [0.1, 0.15) is 5.75 Å². The Kier molecular flexibility index (Phi) is 5.19. The van der Waals surface area contributed by atoms with Crippen LogP contribution in [0.5, 0.6) is 5.75 Å². The summed E-state index contributed by atoms with van der Waals surface area (Å²) in [5.74, 6) is 0.472. The number of nitrogens with zero attached hydrogens (tertiary/aromatic N) is 1. The van der Waals surface area contributed by atoms with Gasteiger partial charge in [0.05, 0.1) is 31.3 Å². The van der Waals surface area contributed by atoms with E-state index in [4.69, 9.17) is 14.7 Å². The molecule has 0 radical (unpaired) electrons. The zero-order valence-electron chi connectivity index (χ0n) is 10.9. The fraction of sp³-hybridized carbons (Fsp3) is 0.429. The average molecular weight is 247 g/mol. The molecule has 0 saturated heterocycles. The summed E-state index contributed by atoms with van der Waals surface area (Å²) in [6.45, 7) is 6.20. The first-order valence-corrected chi connectivity index (χ1v) is 5.88. The maximum Gasteiger partial charge on any atom is 0.309 e. The van der Waals surface area contributed by atoms with Crippen molar-refractivity contribution in [1.82, 2.24) is 0 Å². The number of rotatable bonds is 5. The molecule has 18 heavy (non-hydrogen) atoms. The predicted molar refractivity (Wildman–Crippen MR) is 67.4 cm³/mol. The van der Waals surface area contributed by atoms with Crippen molar-refractivity contribution in [1.29, 1.82) is 5.26 Å². The highest BCUT2D eigenvalue weighted by Crippen LogP contribution is 2.24. The second-order valence-corrected chi connectivity index (χ2v) is 3.95. The van der Waals surface area contributed by atoms with Crippen molar-refractivity contribution >= 4 is 5.97 Å². The summed E-state index contributed by atoms with van der Waals surface area (Å²) in [6.07, 6.45) is 0.229. The Hall–Kier alpha value is -2.02. The van der Waals surface area contributed by atoms with Crippen LogP contribution in [0.15, 0.2) is 12.1 Å². The van der Waals surface area contributed by atoms with Gasteiger partial charge in [0.2, 0.25) is 0 Å². The second-order valence-electron chi connectivity index (χ2n) is 3.95. The number of benzene rings is 1. The fourth-order valence-corrected chi connectivity index (χ4v) is 1.71. The largest absolute Gasteiger partial charge is 0.492 e. The molecule has 96 valence electrons. The van der Waals surface area contributed by atoms with Gasteiger partial charge in [0, 0.05) is 0 Å². The van der Waals surface area contributed by atoms with Crippen LogP contribution in [-0.4, -0.2) is 19.2 Å². The van der Waals surface area contributed by atoms with Gasteiger partial charge in [-0.1, -0.05) is 0 Å². The summed E-state index contributed by atoms with van der Waals surface area (Å²) in [5, 5.41) is 8.83. The minimum atomic E-state index is -0.263. The van der Waals surface area contributed by atoms with E-state index in [2.05, 4.69) is 6.07 Å². The maximum atomic E-state index is 11.2. The molecule has 0 atom stereocenters. The summed E-state index contributed by atoms with van der Waals surface area (Å²) in [4.78, 5) is 11.2. The molecule has 0 spiro atoms. The van der Waals surface area contributed by atoms with Crippen LogP contribution >= 0.6 is 0 Å². The van der Waals surface area contributed by atoms with Crippen molar-refractivity contribution < 1.29 is 14.3 Å². The van der Waals surface area contributed by atoms with Crippen LogP contribution in [-0.2, 0) is 9.53 Å². The summed E-state index contributed by atoms with van der Waals surface area (Å²) in [6, 6.07) is 5.64. The van der Waals surface area contributed by atoms with Crippen LogP contribution in [0.25, 0.3) is 0 Å². The number of hydrogen-bond acceptors (Lipinski definition) is 4. The first-order chi connectivity index (χ1) is 8.58. The van der Waals surface area contributed by atoms with Gasteiger partial charge in [-0.3, -0.25) is 4.79 Å². The predicted octanol–water partition coefficient (Wildman–Crippen LogP) is 2.51. The van der Waals surface area contributed by atoms with E-state index < -0.39 is 0 Å². The Bertz CT molecular complexity index is 451. The van der Waals surface area contributed by atoms with Crippen LogP contribution in [0.2, 0.25) is 0 Å². The lowest BCUT2D eigenvalue weighted by molar-refractivity contribution is -0.143. The molecule has 4 nitrogen and oxygen atoms in total. The average Bonchev–Trinajstić information content (AvgIpc) is 2.32. The first kappa shape index (κ1) is 14.0. The van der Waals surface area contributed by atoms with Crippen LogP contribution in [0.4, 0.5) is 0 Å². The zero-order chi connectivity index (χ0) is 13.5. The van der Waals surface area contributed by atoms with Crippen molar-refractivity contribution in [2.75, 3.05) is 13.2 Å². The maximum absolute atomic E-state index is 11.2. The molecule has 0 aliphatic rings. The van der Waals surface area contributed by atoms with E-state index in [1.165, 1.54) is 0 Å². The molecule has 4 heteroatoms. The Labute approximate surface area is 107 Å². The molecule has 0 N–H and O–H groups in total. The molecule has 0 aromatic heterocycles. The lowest BCUT2D eigenvalue weighted by atomic mass is 10.1. The minimum absolute atomic E-state index is 0.229. The normalized spacial score (nSPS) is 9.67. The molecule has 1 aromatic rings. The van der Waals surface area contributed by atoms with Gasteiger partial charge in [-0.05, 0) is 44.0 Å². The smallest absolute Gasteiger partial charge is 0.309 e. The summed E-state index contributed by atoms with van der Waals surface area (Å²) in [7, 11) is 0. The van der Waals surface area contributed by atoms with Crippen molar-refractivity contribution in [2.45, 2.75) is 27.2 Å². The highest BCUT2D eigenvalue weighted by atomic mass is 16.5. The summed E-state index contributed by atoms with van der Waals surface area (Å²) < 4.78 is 10.4. The lowest BCUT2D eigenvalue weighted by Gasteiger charge is -2.12. The minimum Gasteiger partial charge on any atom is -0.492 e. The third kappa shape index (κ3) is 3.77. The number of aryl methyl sites for hydroxylation is 2. The van der Waals surface area contributed by atoms with E-state index >= 15 is 0 Å². The molecule has 0 aliphatic carbocycles. The Morgan fingerprint density at radius 2 is 1.94 bits per heavy atom. The quantitative estimate of drug-likeness (QED) is 0.750. The standard InChI is InChI=1S/C14H17NO3/c1-4-17-13(16)5-6-18-14-10(2)7-12(9-15)8-11(14)3/h7-8H,4-6H2,1-3H3. The first-order valence-electron chi connectivity index (χ1n) is 5.88. The van der Waals surface area contributed by atoms with E-state index in [1.54, 1.807) is 19.1 Å². The van der Waals surface area contributed by atoms with Gasteiger partial charge in [-0.25, -0.2) is 0 Å². The number of nitriles is 1. The molecule has 0 saturated carbocycles. The number of hydrogen-bond donors (Lipinski definition) is 0. The van der Waals surface area contributed by atoms with E-state index in [0.717, 1.165) is 16.9 Å². The van der Waals surface area contributed by atoms with Crippen molar-refractivity contribution in [3.05, 3.63) is 28.8 Å². The van der Waals surface area contributed by atoms with Crippen LogP contribution in [0.1, 0.15) is 30.0 Å². The second kappa shape index (κ2) is 6.65. The molecule has 0 aliphatic heterocycles. The van der Waals surface area contributed by atoms with Gasteiger partial charge in [0.15, 0.2) is 0 Å². The van der Waals surface area contributed by atoms with E-state index in [9.17, 15) is 4.79 Å². The van der Waals surface area contributed by atoms with Gasteiger partial charge in [0.25, 0.3) is 0 Å². The molecule has 0 fully saturated rings. The zero-order valence-corrected chi connectivity index (χ0v) is 10.9. The Morgan fingerprint density at radius 3 is 2.44 bits per heavy atom. The Balaban J connectivity index is 2.63. The topological polar surface area (TPSA) is 59.3 Å². The Morgan fingerprint density at radius 1 is 1.33 bits per heavy atom. The van der Waals surface area contributed by atoms with E-state index in [-0.39, 0.29) is 19.0 Å². The van der Waals surface area contributed by atoms with Crippen molar-refractivity contribution in [3.8, 4) is 11.8 Å². The van der Waals surface area contributed by atoms with Gasteiger partial charge >= 0.3 is 5.97 Å². The van der Waals surface area contributed by atoms with E-state index in [0.29, 0.717) is 12.2 Å². The monoisotopic (exact) mass is 247 g/mol. The summed E-state index contributed by atoms with van der Waals surface area (Å²) >= 11 is 0. The third-order valence-corrected chi connectivity index (χ3v) is 2.45. The van der Waals surface area contributed by atoms with Gasteiger partial charge in [-0.2, -0.15) is 5.26 Å². The van der Waals surface area contributed by atoms with Crippen LogP contribution < -0.4 is 4.74 Å². The molecular formula is C14H17NO3. The van der Waals surface area contributed by atoms with Crippen molar-refractivity contribution in [2.24, 2.45) is 0 Å². The number of carbonyl (C=O) groups is 1. The SMILES string of the molecule is CCOC(=O)CCOc1c(C)cc(C#N)cc1C. The molecule has 1 aromatic carbocycles. The molecular weight excluding hydrogens is 230 g/mol. The van der Waals surface area contributed by atoms with Crippen molar-refractivity contribution in [3.63, 3.8) is 0 Å². The lowest BCUT2D eigenvalue weighted by Crippen LogP contribution is -2.10. The van der Waals surface area contributed by atoms with Crippen LogP contribution in [0.3, 0.4) is 0 Å². The highest BCUT2D eigenvalue weighted by Gasteiger charge is 2.08.